The van der Waals surface area contributed by atoms with Gasteiger partial charge in [0, 0.05) is 30.5 Å². The van der Waals surface area contributed by atoms with E-state index < -0.39 is 0 Å². The first-order valence-corrected chi connectivity index (χ1v) is 10.1. The van der Waals surface area contributed by atoms with Crippen LogP contribution in [0.2, 0.25) is 0 Å². The van der Waals surface area contributed by atoms with Gasteiger partial charge in [-0.2, -0.15) is 0 Å². The van der Waals surface area contributed by atoms with Crippen LogP contribution >= 0.6 is 0 Å². The van der Waals surface area contributed by atoms with Crippen LogP contribution in [-0.2, 0) is 9.53 Å². The van der Waals surface area contributed by atoms with E-state index in [2.05, 4.69) is 27.0 Å². The van der Waals surface area contributed by atoms with Crippen molar-refractivity contribution < 1.29 is 14.3 Å². The number of guanidine groups is 1. The predicted octanol–water partition coefficient (Wildman–Crippen LogP) is 3.64. The molecule has 0 spiro atoms. The number of hydrogen-bond donors (Lipinski definition) is 3. The maximum Gasteiger partial charge on any atom is 0.258 e. The standard InChI is InChI=1S/C23H28N4O3/c1-15-10-16(2)12-20(11-15)26-23(24-14-21-8-5-9-30-21)27-22(29)18-6-4-7-19(13-18)25-17(3)28/h4,6-7,10-13,21H,5,8-9,14H2,1-3H3,(H,25,28)(H2,24,26,27,29)/t21-/m1/s1. The number of aryl methyl sites for hydroxylation is 2. The minimum Gasteiger partial charge on any atom is -0.376 e. The molecule has 0 saturated carbocycles. The fourth-order valence-electron chi connectivity index (χ4n) is 3.40. The molecule has 1 atom stereocenters. The van der Waals surface area contributed by atoms with Crippen molar-refractivity contribution >= 4 is 29.1 Å². The van der Waals surface area contributed by atoms with Crippen molar-refractivity contribution in [2.45, 2.75) is 39.7 Å². The first-order valence-electron chi connectivity index (χ1n) is 10.1. The maximum absolute atomic E-state index is 12.8. The number of rotatable bonds is 5. The molecule has 7 nitrogen and oxygen atoms in total. The molecule has 1 heterocycles. The lowest BCUT2D eigenvalue weighted by molar-refractivity contribution is -0.114. The van der Waals surface area contributed by atoms with Gasteiger partial charge in [0.2, 0.25) is 11.9 Å². The Kier molecular flexibility index (Phi) is 7.19. The van der Waals surface area contributed by atoms with Crippen LogP contribution in [0, 0.1) is 13.8 Å². The predicted molar refractivity (Wildman–Crippen MR) is 119 cm³/mol. The number of nitrogens with one attached hydrogen (secondary N) is 3. The molecule has 0 aromatic heterocycles. The summed E-state index contributed by atoms with van der Waals surface area (Å²) in [5.41, 5.74) is 4.07. The van der Waals surface area contributed by atoms with Gasteiger partial charge in [0.05, 0.1) is 12.6 Å². The number of carbonyl (C=O) groups is 2. The molecule has 1 aliphatic rings. The van der Waals surface area contributed by atoms with Crippen molar-refractivity contribution in [3.05, 3.63) is 59.2 Å². The molecule has 3 N–H and O–H groups in total. The van der Waals surface area contributed by atoms with E-state index in [1.165, 1.54) is 6.92 Å². The van der Waals surface area contributed by atoms with Gasteiger partial charge in [-0.05, 0) is 68.1 Å². The van der Waals surface area contributed by atoms with Gasteiger partial charge in [-0.3, -0.25) is 14.9 Å². The molecule has 0 aliphatic carbocycles. The summed E-state index contributed by atoms with van der Waals surface area (Å²) in [6.45, 7) is 6.69. The molecule has 7 heteroatoms. The van der Waals surface area contributed by atoms with Crippen LogP contribution < -0.4 is 16.0 Å². The second-order valence-corrected chi connectivity index (χ2v) is 7.54. The molecule has 1 saturated heterocycles. The Morgan fingerprint density at radius 2 is 1.83 bits per heavy atom. The highest BCUT2D eigenvalue weighted by molar-refractivity contribution is 6.10. The van der Waals surface area contributed by atoms with Gasteiger partial charge in [0.15, 0.2) is 0 Å². The molecule has 158 valence electrons. The molecular weight excluding hydrogens is 380 g/mol. The highest BCUT2D eigenvalue weighted by atomic mass is 16.5. The molecule has 3 rings (SSSR count). The Morgan fingerprint density at radius 3 is 2.50 bits per heavy atom. The molecule has 0 radical (unpaired) electrons. The van der Waals surface area contributed by atoms with Gasteiger partial charge >= 0.3 is 0 Å². The fraction of sp³-hybridized carbons (Fsp3) is 0.348. The summed E-state index contributed by atoms with van der Waals surface area (Å²) in [4.78, 5) is 28.7. The van der Waals surface area contributed by atoms with Gasteiger partial charge in [-0.1, -0.05) is 12.1 Å². The van der Waals surface area contributed by atoms with Crippen molar-refractivity contribution in [3.63, 3.8) is 0 Å². The quantitative estimate of drug-likeness (QED) is 0.520. The number of anilines is 2. The lowest BCUT2D eigenvalue weighted by Gasteiger charge is -2.14. The van der Waals surface area contributed by atoms with E-state index in [9.17, 15) is 9.59 Å². The van der Waals surface area contributed by atoms with E-state index in [4.69, 9.17) is 4.74 Å². The van der Waals surface area contributed by atoms with Crippen LogP contribution in [-0.4, -0.2) is 37.0 Å². The van der Waals surface area contributed by atoms with Crippen LogP contribution in [0.5, 0.6) is 0 Å². The minimum absolute atomic E-state index is 0.0704. The highest BCUT2D eigenvalue weighted by Crippen LogP contribution is 2.15. The second kappa shape index (κ2) is 10.0. The number of carbonyl (C=O) groups excluding carboxylic acids is 2. The molecule has 1 fully saturated rings. The second-order valence-electron chi connectivity index (χ2n) is 7.54. The van der Waals surface area contributed by atoms with E-state index >= 15 is 0 Å². The van der Waals surface area contributed by atoms with Crippen molar-refractivity contribution in [3.8, 4) is 0 Å². The lowest BCUT2D eigenvalue weighted by Crippen LogP contribution is -2.36. The average Bonchev–Trinajstić information content (AvgIpc) is 3.18. The number of benzene rings is 2. The summed E-state index contributed by atoms with van der Waals surface area (Å²) in [6, 6.07) is 12.9. The van der Waals surface area contributed by atoms with Crippen molar-refractivity contribution in [1.29, 1.82) is 0 Å². The van der Waals surface area contributed by atoms with Crippen LogP contribution in [0.3, 0.4) is 0 Å². The number of amides is 2. The van der Waals surface area contributed by atoms with Crippen LogP contribution in [0.1, 0.15) is 41.3 Å². The van der Waals surface area contributed by atoms with Crippen molar-refractivity contribution in [1.82, 2.24) is 5.32 Å². The maximum atomic E-state index is 12.8. The van der Waals surface area contributed by atoms with E-state index in [1.54, 1.807) is 24.3 Å². The number of aliphatic imine (C=N–C) groups is 1. The summed E-state index contributed by atoms with van der Waals surface area (Å²) in [6.07, 6.45) is 2.07. The van der Waals surface area contributed by atoms with E-state index in [0.29, 0.717) is 23.8 Å². The van der Waals surface area contributed by atoms with Crippen molar-refractivity contribution in [2.75, 3.05) is 23.8 Å². The Bertz CT molecular complexity index is 929. The summed E-state index contributed by atoms with van der Waals surface area (Å²) in [5.74, 6) is -0.140. The van der Waals surface area contributed by atoms with E-state index in [0.717, 1.165) is 36.3 Å². The summed E-state index contributed by atoms with van der Waals surface area (Å²) in [7, 11) is 0. The summed E-state index contributed by atoms with van der Waals surface area (Å²) >= 11 is 0. The Hall–Kier alpha value is -3.19. The molecule has 0 bridgehead atoms. The minimum atomic E-state index is -0.315. The molecular formula is C23H28N4O3. The Labute approximate surface area is 176 Å². The van der Waals surface area contributed by atoms with Gasteiger partial charge in [0.1, 0.15) is 0 Å². The fourth-order valence-corrected chi connectivity index (χ4v) is 3.40. The zero-order valence-electron chi connectivity index (χ0n) is 17.6. The first-order chi connectivity index (χ1) is 14.4. The largest absolute Gasteiger partial charge is 0.376 e. The highest BCUT2D eigenvalue weighted by Gasteiger charge is 2.16. The monoisotopic (exact) mass is 408 g/mol. The normalized spacial score (nSPS) is 16.2. The molecule has 1 aliphatic heterocycles. The zero-order valence-corrected chi connectivity index (χ0v) is 17.6. The van der Waals surface area contributed by atoms with Gasteiger partial charge in [-0.25, -0.2) is 4.99 Å². The van der Waals surface area contributed by atoms with Gasteiger partial charge in [-0.15, -0.1) is 0 Å². The van der Waals surface area contributed by atoms with Gasteiger partial charge < -0.3 is 15.4 Å². The molecule has 2 aromatic rings. The smallest absolute Gasteiger partial charge is 0.258 e. The average molecular weight is 409 g/mol. The summed E-state index contributed by atoms with van der Waals surface area (Å²) in [5, 5.41) is 8.77. The zero-order chi connectivity index (χ0) is 21.5. The third kappa shape index (κ3) is 6.42. The Morgan fingerprint density at radius 1 is 1.07 bits per heavy atom. The molecule has 2 aromatic carbocycles. The molecule has 30 heavy (non-hydrogen) atoms. The van der Waals surface area contributed by atoms with Crippen LogP contribution in [0.4, 0.5) is 11.4 Å². The Balaban J connectivity index is 1.77. The number of nitrogens with zero attached hydrogens (tertiary/aromatic N) is 1. The lowest BCUT2D eigenvalue weighted by atomic mass is 10.1. The number of hydrogen-bond acceptors (Lipinski definition) is 4. The van der Waals surface area contributed by atoms with Crippen molar-refractivity contribution in [2.24, 2.45) is 4.99 Å². The van der Waals surface area contributed by atoms with E-state index in [-0.39, 0.29) is 17.9 Å². The third-order valence-electron chi connectivity index (χ3n) is 4.64. The molecule has 0 unspecified atom stereocenters. The summed E-state index contributed by atoms with van der Waals surface area (Å²) < 4.78 is 5.65. The SMILES string of the molecule is CC(=O)Nc1cccc(C(=O)NC(=NC[C@H]2CCCO2)Nc2cc(C)cc(C)c2)c1. The van der Waals surface area contributed by atoms with Crippen LogP contribution in [0.25, 0.3) is 0 Å². The molecule has 2 amide bonds. The van der Waals surface area contributed by atoms with E-state index in [1.807, 2.05) is 26.0 Å². The topological polar surface area (TPSA) is 91.8 Å². The van der Waals surface area contributed by atoms with Crippen LogP contribution in [0.15, 0.2) is 47.5 Å². The third-order valence-corrected chi connectivity index (χ3v) is 4.64. The van der Waals surface area contributed by atoms with Gasteiger partial charge in [0.25, 0.3) is 5.91 Å². The first kappa shape index (κ1) is 21.5. The number of ether oxygens (including phenoxy) is 1.